The summed E-state index contributed by atoms with van der Waals surface area (Å²) >= 11 is 0. The van der Waals surface area contributed by atoms with Crippen molar-refractivity contribution in [2.75, 3.05) is 5.32 Å². The standard InChI is InChI=1S/C13H13N3O/c1-9-3-2-6-15-13(9)16-11-5-4-10(8-14)7-12(11)17/h2,4-7,9,17H,3H2,1H3,(H,15,16). The van der Waals surface area contributed by atoms with E-state index in [9.17, 15) is 5.11 Å². The van der Waals surface area contributed by atoms with E-state index in [1.165, 1.54) is 6.07 Å². The van der Waals surface area contributed by atoms with Gasteiger partial charge in [0.1, 0.15) is 11.6 Å². The summed E-state index contributed by atoms with van der Waals surface area (Å²) in [6.07, 6.45) is 4.69. The number of aliphatic imine (C=N–C) groups is 1. The lowest BCUT2D eigenvalue weighted by Crippen LogP contribution is -2.21. The van der Waals surface area contributed by atoms with Gasteiger partial charge >= 0.3 is 0 Å². The molecule has 0 spiro atoms. The number of rotatable bonds is 1. The van der Waals surface area contributed by atoms with Crippen LogP contribution in [0.5, 0.6) is 5.75 Å². The fourth-order valence-electron chi connectivity index (χ4n) is 1.64. The molecule has 0 radical (unpaired) electrons. The average Bonchev–Trinajstić information content (AvgIpc) is 2.34. The summed E-state index contributed by atoms with van der Waals surface area (Å²) in [5, 5.41) is 21.5. The summed E-state index contributed by atoms with van der Waals surface area (Å²) in [6, 6.07) is 6.76. The Morgan fingerprint density at radius 3 is 3.00 bits per heavy atom. The number of nitriles is 1. The molecule has 1 aliphatic heterocycles. The van der Waals surface area contributed by atoms with Crippen LogP contribution in [0, 0.1) is 17.2 Å². The highest BCUT2D eigenvalue weighted by molar-refractivity contribution is 5.99. The fourth-order valence-corrected chi connectivity index (χ4v) is 1.64. The molecule has 2 rings (SSSR count). The van der Waals surface area contributed by atoms with Crippen LogP contribution >= 0.6 is 0 Å². The predicted molar refractivity (Wildman–Crippen MR) is 66.8 cm³/mol. The number of aromatic hydroxyl groups is 1. The minimum atomic E-state index is 0.0634. The Kier molecular flexibility index (Phi) is 3.10. The Bertz CT molecular complexity index is 526. The maximum atomic E-state index is 9.75. The molecule has 4 nitrogen and oxygen atoms in total. The molecule has 2 N–H and O–H groups in total. The van der Waals surface area contributed by atoms with E-state index in [-0.39, 0.29) is 5.75 Å². The van der Waals surface area contributed by atoms with Gasteiger partial charge in [0.15, 0.2) is 0 Å². The van der Waals surface area contributed by atoms with Gasteiger partial charge in [0.05, 0.1) is 17.3 Å². The van der Waals surface area contributed by atoms with Gasteiger partial charge in [0, 0.05) is 12.1 Å². The minimum Gasteiger partial charge on any atom is -0.506 e. The molecule has 1 heterocycles. The molecular weight excluding hydrogens is 214 g/mol. The highest BCUT2D eigenvalue weighted by Gasteiger charge is 2.13. The summed E-state index contributed by atoms with van der Waals surface area (Å²) in [5.74, 6) is 1.19. The lowest BCUT2D eigenvalue weighted by atomic mass is 10.0. The van der Waals surface area contributed by atoms with Crippen LogP contribution in [-0.2, 0) is 0 Å². The summed E-state index contributed by atoms with van der Waals surface area (Å²) in [7, 11) is 0. The van der Waals surface area contributed by atoms with Crippen LogP contribution in [0.15, 0.2) is 35.5 Å². The topological polar surface area (TPSA) is 68.4 Å². The Labute approximate surface area is 99.9 Å². The average molecular weight is 227 g/mol. The van der Waals surface area contributed by atoms with Gasteiger partial charge in [-0.25, -0.2) is 4.99 Å². The molecule has 86 valence electrons. The molecule has 17 heavy (non-hydrogen) atoms. The molecule has 0 fully saturated rings. The van der Waals surface area contributed by atoms with Crippen LogP contribution in [0.4, 0.5) is 5.69 Å². The number of amidine groups is 1. The summed E-state index contributed by atoms with van der Waals surface area (Å²) in [6.45, 7) is 2.07. The molecule has 0 aliphatic carbocycles. The molecular formula is C13H13N3O. The third-order valence-electron chi connectivity index (χ3n) is 2.67. The van der Waals surface area contributed by atoms with E-state index in [4.69, 9.17) is 5.26 Å². The van der Waals surface area contributed by atoms with E-state index in [1.807, 2.05) is 12.1 Å². The van der Waals surface area contributed by atoms with Crippen molar-refractivity contribution in [2.45, 2.75) is 13.3 Å². The second-order valence-corrected chi connectivity index (χ2v) is 4.00. The van der Waals surface area contributed by atoms with Gasteiger partial charge in [-0.1, -0.05) is 13.0 Å². The fraction of sp³-hybridized carbons (Fsp3) is 0.231. The highest BCUT2D eigenvalue weighted by atomic mass is 16.3. The van der Waals surface area contributed by atoms with E-state index in [0.29, 0.717) is 17.2 Å². The molecule has 0 saturated carbocycles. The van der Waals surface area contributed by atoms with Crippen molar-refractivity contribution < 1.29 is 5.11 Å². The molecule has 1 unspecified atom stereocenters. The van der Waals surface area contributed by atoms with Crippen LogP contribution < -0.4 is 5.32 Å². The second-order valence-electron chi connectivity index (χ2n) is 4.00. The normalized spacial score (nSPS) is 18.4. The number of phenolic OH excluding ortho intramolecular Hbond substituents is 1. The molecule has 0 bridgehead atoms. The lowest BCUT2D eigenvalue weighted by Gasteiger charge is -2.18. The van der Waals surface area contributed by atoms with Gasteiger partial charge in [-0.3, -0.25) is 0 Å². The van der Waals surface area contributed by atoms with E-state index in [2.05, 4.69) is 17.2 Å². The quantitative estimate of drug-likeness (QED) is 0.724. The maximum absolute atomic E-state index is 9.75. The summed E-state index contributed by atoms with van der Waals surface area (Å²) < 4.78 is 0. The van der Waals surface area contributed by atoms with Crippen LogP contribution in [-0.4, -0.2) is 10.9 Å². The molecule has 4 heteroatoms. The van der Waals surface area contributed by atoms with Crippen molar-refractivity contribution in [1.82, 2.24) is 0 Å². The zero-order valence-electron chi connectivity index (χ0n) is 9.51. The Morgan fingerprint density at radius 1 is 1.53 bits per heavy atom. The largest absolute Gasteiger partial charge is 0.506 e. The van der Waals surface area contributed by atoms with Crippen molar-refractivity contribution in [3.8, 4) is 11.8 Å². The second kappa shape index (κ2) is 4.71. The Hall–Kier alpha value is -2.28. The van der Waals surface area contributed by atoms with Gasteiger partial charge in [0.25, 0.3) is 0 Å². The molecule has 0 aromatic heterocycles. The number of nitrogens with zero attached hydrogens (tertiary/aromatic N) is 2. The number of nitrogens with one attached hydrogen (secondary N) is 1. The van der Waals surface area contributed by atoms with Gasteiger partial charge in [-0.2, -0.15) is 5.26 Å². The molecule has 0 amide bonds. The lowest BCUT2D eigenvalue weighted by molar-refractivity contribution is 0.477. The van der Waals surface area contributed by atoms with Crippen molar-refractivity contribution in [3.63, 3.8) is 0 Å². The number of benzene rings is 1. The smallest absolute Gasteiger partial charge is 0.140 e. The van der Waals surface area contributed by atoms with Crippen LogP contribution in [0.3, 0.4) is 0 Å². The third kappa shape index (κ3) is 2.45. The SMILES string of the molecule is CC1CC=CN=C1Nc1ccc(C#N)cc1O. The minimum absolute atomic E-state index is 0.0634. The molecule has 1 aromatic rings. The monoisotopic (exact) mass is 227 g/mol. The number of allylic oxidation sites excluding steroid dienone is 1. The first kappa shape index (κ1) is 11.2. The van der Waals surface area contributed by atoms with E-state index < -0.39 is 0 Å². The Balaban J connectivity index is 2.22. The van der Waals surface area contributed by atoms with Crippen LogP contribution in [0.1, 0.15) is 18.9 Å². The van der Waals surface area contributed by atoms with Crippen molar-refractivity contribution in [3.05, 3.63) is 36.0 Å². The van der Waals surface area contributed by atoms with Gasteiger partial charge in [-0.15, -0.1) is 0 Å². The summed E-state index contributed by atoms with van der Waals surface area (Å²) in [4.78, 5) is 4.24. The van der Waals surface area contributed by atoms with E-state index in [1.54, 1.807) is 18.3 Å². The van der Waals surface area contributed by atoms with Gasteiger partial charge in [-0.05, 0) is 24.6 Å². The third-order valence-corrected chi connectivity index (χ3v) is 2.67. The van der Waals surface area contributed by atoms with Crippen molar-refractivity contribution in [2.24, 2.45) is 10.9 Å². The molecule has 0 saturated heterocycles. The first-order valence-corrected chi connectivity index (χ1v) is 5.43. The van der Waals surface area contributed by atoms with Crippen molar-refractivity contribution in [1.29, 1.82) is 5.26 Å². The van der Waals surface area contributed by atoms with E-state index >= 15 is 0 Å². The number of hydrogen-bond donors (Lipinski definition) is 2. The maximum Gasteiger partial charge on any atom is 0.140 e. The Morgan fingerprint density at radius 2 is 2.35 bits per heavy atom. The van der Waals surface area contributed by atoms with Gasteiger partial charge in [0.2, 0.25) is 0 Å². The summed E-state index contributed by atoms with van der Waals surface area (Å²) in [5.41, 5.74) is 1.01. The van der Waals surface area contributed by atoms with Gasteiger partial charge < -0.3 is 10.4 Å². The van der Waals surface area contributed by atoms with Crippen LogP contribution in [0.2, 0.25) is 0 Å². The number of hydrogen-bond acceptors (Lipinski definition) is 4. The molecule has 1 aliphatic rings. The number of phenols is 1. The number of anilines is 1. The first-order chi connectivity index (χ1) is 8.20. The zero-order chi connectivity index (χ0) is 12.3. The zero-order valence-corrected chi connectivity index (χ0v) is 9.51. The molecule has 1 aromatic carbocycles. The molecule has 1 atom stereocenters. The van der Waals surface area contributed by atoms with Crippen LogP contribution in [0.25, 0.3) is 0 Å². The van der Waals surface area contributed by atoms with Crippen molar-refractivity contribution >= 4 is 11.5 Å². The predicted octanol–water partition coefficient (Wildman–Crippen LogP) is 2.63. The first-order valence-electron chi connectivity index (χ1n) is 5.43. The van der Waals surface area contributed by atoms with E-state index in [0.717, 1.165) is 12.3 Å². The highest BCUT2D eigenvalue weighted by Crippen LogP contribution is 2.25.